The Morgan fingerprint density at radius 1 is 1.23 bits per heavy atom. The molecular formula is C21H16ClF2N3O3. The summed E-state index contributed by atoms with van der Waals surface area (Å²) >= 11 is 6.07. The lowest BCUT2D eigenvalue weighted by Gasteiger charge is -2.30. The molecule has 0 saturated carbocycles. The zero-order valence-corrected chi connectivity index (χ0v) is 16.2. The van der Waals surface area contributed by atoms with Crippen LogP contribution >= 0.6 is 11.6 Å². The first-order valence-electron chi connectivity index (χ1n) is 9.02. The highest BCUT2D eigenvalue weighted by molar-refractivity contribution is 6.31. The van der Waals surface area contributed by atoms with Gasteiger partial charge in [0.05, 0.1) is 0 Å². The van der Waals surface area contributed by atoms with Crippen LogP contribution in [0.25, 0.3) is 10.9 Å². The molecule has 0 radical (unpaired) electrons. The van der Waals surface area contributed by atoms with Crippen LogP contribution in [0.3, 0.4) is 0 Å². The number of nitrogens with zero attached hydrogens (tertiary/aromatic N) is 1. The highest BCUT2D eigenvalue weighted by Gasteiger charge is 2.35. The monoisotopic (exact) mass is 431 g/mol. The van der Waals surface area contributed by atoms with Gasteiger partial charge in [0.1, 0.15) is 17.9 Å². The summed E-state index contributed by atoms with van der Waals surface area (Å²) in [6, 6.07) is 9.28. The second-order valence-electron chi connectivity index (χ2n) is 6.83. The van der Waals surface area contributed by atoms with Crippen LogP contribution in [0, 0.1) is 11.6 Å². The molecule has 0 aliphatic heterocycles. The van der Waals surface area contributed by atoms with Gasteiger partial charge < -0.3 is 19.9 Å². The predicted molar refractivity (Wildman–Crippen MR) is 106 cm³/mol. The molecule has 0 saturated heterocycles. The summed E-state index contributed by atoms with van der Waals surface area (Å²) < 4.78 is 32.9. The van der Waals surface area contributed by atoms with Crippen molar-refractivity contribution in [3.8, 4) is 0 Å². The van der Waals surface area contributed by atoms with E-state index < -0.39 is 28.8 Å². The van der Waals surface area contributed by atoms with E-state index in [9.17, 15) is 18.7 Å². The van der Waals surface area contributed by atoms with Crippen LogP contribution in [0.2, 0.25) is 5.02 Å². The third-order valence-corrected chi connectivity index (χ3v) is 5.09. The molecule has 6 nitrogen and oxygen atoms in total. The molecule has 9 heteroatoms. The van der Waals surface area contributed by atoms with Crippen LogP contribution in [0.15, 0.2) is 59.4 Å². The highest BCUT2D eigenvalue weighted by atomic mass is 35.5. The van der Waals surface area contributed by atoms with Crippen LogP contribution in [0.4, 0.5) is 8.78 Å². The summed E-state index contributed by atoms with van der Waals surface area (Å²) in [6.07, 6.45) is 3.01. The number of halogens is 3. The molecule has 0 spiro atoms. The molecule has 4 rings (SSSR count). The first-order chi connectivity index (χ1) is 14.4. The van der Waals surface area contributed by atoms with Gasteiger partial charge in [-0.05, 0) is 48.4 Å². The Morgan fingerprint density at radius 2 is 2.07 bits per heavy atom. The standard InChI is InChI=1S/C21H16ClF2N3O3/c22-13-1-4-18-15(9-13)12(11-25-18)5-7-21(29,16-10-14(23)2-3-17(16)24)26-20(28)19-6-8-30-27-19/h1-4,6,8-11,25,29H,5,7H2,(H,26,28). The van der Waals surface area contributed by atoms with E-state index in [0.29, 0.717) is 5.02 Å². The first kappa shape index (κ1) is 20.1. The van der Waals surface area contributed by atoms with Crippen molar-refractivity contribution >= 4 is 28.4 Å². The average Bonchev–Trinajstić information content (AvgIpc) is 3.38. The van der Waals surface area contributed by atoms with E-state index in [0.717, 1.165) is 34.7 Å². The largest absolute Gasteiger partial charge is 0.367 e. The Kier molecular flexibility index (Phi) is 5.27. The Labute approximate surface area is 174 Å². The van der Waals surface area contributed by atoms with Crippen LogP contribution in [-0.4, -0.2) is 21.2 Å². The summed E-state index contributed by atoms with van der Waals surface area (Å²) in [7, 11) is 0. The lowest BCUT2D eigenvalue weighted by Crippen LogP contribution is -2.47. The molecule has 2 aromatic heterocycles. The molecule has 0 bridgehead atoms. The zero-order valence-electron chi connectivity index (χ0n) is 15.5. The fourth-order valence-electron chi connectivity index (χ4n) is 3.33. The molecule has 0 fully saturated rings. The smallest absolute Gasteiger partial charge is 0.275 e. The average molecular weight is 432 g/mol. The van der Waals surface area contributed by atoms with E-state index in [4.69, 9.17) is 11.6 Å². The minimum absolute atomic E-state index is 0.107. The Morgan fingerprint density at radius 3 is 2.83 bits per heavy atom. The van der Waals surface area contributed by atoms with Crippen molar-refractivity contribution in [1.29, 1.82) is 0 Å². The van der Waals surface area contributed by atoms with E-state index in [1.54, 1.807) is 18.3 Å². The molecule has 4 aromatic rings. The minimum Gasteiger partial charge on any atom is -0.367 e. The van der Waals surface area contributed by atoms with Gasteiger partial charge in [0.15, 0.2) is 11.4 Å². The molecule has 1 atom stereocenters. The summed E-state index contributed by atoms with van der Waals surface area (Å²) in [4.78, 5) is 15.6. The molecule has 1 unspecified atom stereocenters. The number of aromatic nitrogens is 2. The summed E-state index contributed by atoms with van der Waals surface area (Å²) in [5, 5.41) is 18.5. The van der Waals surface area contributed by atoms with Crippen molar-refractivity contribution < 1.29 is 23.2 Å². The molecule has 1 amide bonds. The lowest BCUT2D eigenvalue weighted by molar-refractivity contribution is -0.00711. The number of H-pyrrole nitrogens is 1. The van der Waals surface area contributed by atoms with E-state index in [1.165, 1.54) is 12.3 Å². The molecule has 154 valence electrons. The van der Waals surface area contributed by atoms with E-state index >= 15 is 0 Å². The number of amides is 1. The Bertz CT molecular complexity index is 1210. The van der Waals surface area contributed by atoms with Gasteiger partial charge in [-0.1, -0.05) is 16.8 Å². The van der Waals surface area contributed by atoms with Gasteiger partial charge in [-0.25, -0.2) is 8.78 Å². The number of hydrogen-bond donors (Lipinski definition) is 3. The number of benzene rings is 2. The van der Waals surface area contributed by atoms with Gasteiger partial charge in [-0.15, -0.1) is 0 Å². The zero-order chi connectivity index (χ0) is 21.3. The number of carbonyl (C=O) groups is 1. The SMILES string of the molecule is O=C(NC(O)(CCc1c[nH]c2ccc(Cl)cc12)c1cc(F)ccc1F)c1ccon1. The van der Waals surface area contributed by atoms with Crippen LogP contribution in [0.5, 0.6) is 0 Å². The second-order valence-corrected chi connectivity index (χ2v) is 7.26. The number of fused-ring (bicyclic) bond motifs is 1. The van der Waals surface area contributed by atoms with Gasteiger partial charge >= 0.3 is 0 Å². The number of aromatic amines is 1. The highest BCUT2D eigenvalue weighted by Crippen LogP contribution is 2.30. The van der Waals surface area contributed by atoms with Crippen molar-refractivity contribution in [3.05, 3.63) is 88.4 Å². The molecule has 0 aliphatic carbocycles. The molecule has 2 aromatic carbocycles. The number of aryl methyl sites for hydroxylation is 1. The molecule has 30 heavy (non-hydrogen) atoms. The number of hydrogen-bond acceptors (Lipinski definition) is 4. The van der Waals surface area contributed by atoms with Crippen molar-refractivity contribution in [2.75, 3.05) is 0 Å². The number of rotatable bonds is 6. The van der Waals surface area contributed by atoms with Gasteiger partial charge in [0.2, 0.25) is 0 Å². The van der Waals surface area contributed by atoms with Gasteiger partial charge in [-0.2, -0.15) is 0 Å². The predicted octanol–water partition coefficient (Wildman–Crippen LogP) is 4.30. The summed E-state index contributed by atoms with van der Waals surface area (Å²) in [5.74, 6) is -2.41. The lowest BCUT2D eigenvalue weighted by atomic mass is 9.94. The Balaban J connectivity index is 1.68. The normalized spacial score (nSPS) is 13.3. The Hall–Kier alpha value is -3.23. The first-order valence-corrected chi connectivity index (χ1v) is 9.40. The molecule has 2 heterocycles. The van der Waals surface area contributed by atoms with E-state index in [-0.39, 0.29) is 18.5 Å². The number of carbonyl (C=O) groups excluding carboxylic acids is 1. The number of nitrogens with one attached hydrogen (secondary N) is 2. The third kappa shape index (κ3) is 3.92. The molecular weight excluding hydrogens is 416 g/mol. The van der Waals surface area contributed by atoms with Gasteiger partial charge in [0, 0.05) is 40.2 Å². The quantitative estimate of drug-likeness (QED) is 0.397. The fourth-order valence-corrected chi connectivity index (χ4v) is 3.51. The number of aliphatic hydroxyl groups is 1. The minimum atomic E-state index is -2.20. The fraction of sp³-hybridized carbons (Fsp3) is 0.143. The maximum Gasteiger partial charge on any atom is 0.275 e. The van der Waals surface area contributed by atoms with Gasteiger partial charge in [-0.3, -0.25) is 4.79 Å². The second kappa shape index (κ2) is 7.89. The van der Waals surface area contributed by atoms with Crippen molar-refractivity contribution in [2.45, 2.75) is 18.6 Å². The maximum absolute atomic E-state index is 14.5. The van der Waals surface area contributed by atoms with Crippen molar-refractivity contribution in [1.82, 2.24) is 15.5 Å². The van der Waals surface area contributed by atoms with Crippen molar-refractivity contribution in [2.24, 2.45) is 0 Å². The molecule has 0 aliphatic rings. The maximum atomic E-state index is 14.5. The van der Waals surface area contributed by atoms with Crippen LogP contribution < -0.4 is 5.32 Å². The van der Waals surface area contributed by atoms with Crippen LogP contribution in [0.1, 0.15) is 28.0 Å². The van der Waals surface area contributed by atoms with E-state index in [1.807, 2.05) is 6.07 Å². The van der Waals surface area contributed by atoms with Crippen molar-refractivity contribution in [3.63, 3.8) is 0 Å². The summed E-state index contributed by atoms with van der Waals surface area (Å²) in [5.41, 5.74) is -1.08. The third-order valence-electron chi connectivity index (χ3n) is 4.85. The van der Waals surface area contributed by atoms with E-state index in [2.05, 4.69) is 20.0 Å². The summed E-state index contributed by atoms with van der Waals surface area (Å²) in [6.45, 7) is 0. The molecule has 3 N–H and O–H groups in total. The van der Waals surface area contributed by atoms with Gasteiger partial charge in [0.25, 0.3) is 5.91 Å². The van der Waals surface area contributed by atoms with Crippen LogP contribution in [-0.2, 0) is 12.1 Å². The topological polar surface area (TPSA) is 91.2 Å².